The molecule has 11 nitrogen and oxygen atoms in total. The average Bonchev–Trinajstić information content (AvgIpc) is 3.70. The van der Waals surface area contributed by atoms with Gasteiger partial charge in [0.05, 0.1) is 17.5 Å². The Morgan fingerprint density at radius 2 is 0.903 bits per heavy atom. The maximum absolute atomic E-state index is 13.6. The first-order chi connectivity index (χ1) is 34.9. The van der Waals surface area contributed by atoms with Crippen LogP contribution in [0.2, 0.25) is 0 Å². The molecule has 9 aromatic carbocycles. The highest BCUT2D eigenvalue weighted by Gasteiger charge is 2.46. The lowest BCUT2D eigenvalue weighted by Gasteiger charge is -2.34. The van der Waals surface area contributed by atoms with E-state index in [1.54, 1.807) is 79.7 Å². The molecule has 0 heterocycles. The fraction of sp³-hybridized carbons (Fsp3) is 0.0508. The third-order valence-electron chi connectivity index (χ3n) is 12.6. The second-order valence-corrected chi connectivity index (χ2v) is 19.2. The quantitative estimate of drug-likeness (QED) is 0.0311. The molecule has 72 heavy (non-hydrogen) atoms. The summed E-state index contributed by atoms with van der Waals surface area (Å²) in [4.78, 5) is 26.9. The second-order valence-electron chi connectivity index (χ2n) is 17.1. The van der Waals surface area contributed by atoms with E-state index in [9.17, 15) is 22.6 Å². The number of carbonyl (C=O) groups is 2. The smallest absolute Gasteiger partial charge is 0.298 e. The molecule has 13 heteroatoms. The number of fused-ring (bicyclic) bond motifs is 3. The molecule has 1 aliphatic rings. The Bertz CT molecular complexity index is 3550. The number of benzene rings is 9. The van der Waals surface area contributed by atoms with Crippen molar-refractivity contribution in [2.24, 2.45) is 0 Å². The Morgan fingerprint density at radius 3 is 1.40 bits per heavy atom. The molecular weight excluding hydrogens is 949 g/mol. The van der Waals surface area contributed by atoms with Crippen LogP contribution in [0.5, 0.6) is 34.5 Å². The van der Waals surface area contributed by atoms with Crippen LogP contribution in [0.25, 0.3) is 11.1 Å². The van der Waals surface area contributed by atoms with Crippen LogP contribution in [0, 0.1) is 13.8 Å². The number of rotatable bonds is 16. The first-order valence-electron chi connectivity index (χ1n) is 22.6. The van der Waals surface area contributed by atoms with Crippen molar-refractivity contribution in [2.45, 2.75) is 29.1 Å². The lowest BCUT2D eigenvalue weighted by Crippen LogP contribution is -2.28. The van der Waals surface area contributed by atoms with E-state index in [2.05, 4.69) is 33.6 Å². The van der Waals surface area contributed by atoms with Crippen molar-refractivity contribution >= 4 is 33.7 Å². The summed E-state index contributed by atoms with van der Waals surface area (Å²) in [6.45, 7) is 3.78. The van der Waals surface area contributed by atoms with Gasteiger partial charge in [0.1, 0.15) is 39.4 Å². The number of ketones is 2. The van der Waals surface area contributed by atoms with Crippen molar-refractivity contribution in [3.8, 4) is 45.6 Å². The predicted molar refractivity (Wildman–Crippen MR) is 273 cm³/mol. The van der Waals surface area contributed by atoms with Gasteiger partial charge in [-0.2, -0.15) is 8.42 Å². The minimum Gasteiger partial charge on any atom is -0.457 e. The SMILES string of the molecule is Cc1ccc(Oc2ccc(C(=O)c3ccc(Oc4ccc(C5(c6ccc(Oc7ccc(C(=O)c8ccc(C)c(SOOO)c8)cc7S(=O)(=O)O)cc6)c6ccccc6-c6ccccc65)cc4)cc3)cc2)cc1. The zero-order valence-electron chi connectivity index (χ0n) is 38.5. The topological polar surface area (TPSA) is 155 Å². The molecule has 0 spiro atoms. The number of hydrogen-bond donors (Lipinski definition) is 2. The van der Waals surface area contributed by atoms with Crippen molar-refractivity contribution in [1.29, 1.82) is 0 Å². The molecule has 0 atom stereocenters. The summed E-state index contributed by atoms with van der Waals surface area (Å²) < 4.78 is 58.9. The molecule has 0 aromatic heterocycles. The van der Waals surface area contributed by atoms with E-state index < -0.39 is 26.2 Å². The average molecular weight is 991 g/mol. The van der Waals surface area contributed by atoms with Gasteiger partial charge in [-0.3, -0.25) is 14.1 Å². The normalized spacial score (nSPS) is 12.4. The zero-order valence-corrected chi connectivity index (χ0v) is 40.1. The number of ether oxygens (including phenoxy) is 3. The summed E-state index contributed by atoms with van der Waals surface area (Å²) in [5.41, 5.74) is 8.44. The van der Waals surface area contributed by atoms with E-state index >= 15 is 0 Å². The molecule has 0 saturated heterocycles. The van der Waals surface area contributed by atoms with Gasteiger partial charge in [-0.25, -0.2) is 5.26 Å². The van der Waals surface area contributed by atoms with Gasteiger partial charge in [-0.15, -0.1) is 4.33 Å². The van der Waals surface area contributed by atoms with E-state index in [0.29, 0.717) is 45.3 Å². The molecule has 0 unspecified atom stereocenters. The van der Waals surface area contributed by atoms with Crippen LogP contribution in [0.1, 0.15) is 65.2 Å². The van der Waals surface area contributed by atoms with Crippen molar-refractivity contribution in [1.82, 2.24) is 0 Å². The summed E-state index contributed by atoms with van der Waals surface area (Å²) in [5, 5.41) is 12.3. The summed E-state index contributed by atoms with van der Waals surface area (Å²) in [6, 6.07) is 62.2. The van der Waals surface area contributed by atoms with E-state index in [4.69, 9.17) is 19.5 Å². The van der Waals surface area contributed by atoms with Crippen molar-refractivity contribution in [2.75, 3.05) is 0 Å². The molecule has 0 bridgehead atoms. The van der Waals surface area contributed by atoms with Gasteiger partial charge in [0, 0.05) is 27.1 Å². The van der Waals surface area contributed by atoms with Crippen molar-refractivity contribution in [3.63, 3.8) is 0 Å². The maximum atomic E-state index is 13.6. The Morgan fingerprint density at radius 1 is 0.486 bits per heavy atom. The molecule has 0 aliphatic heterocycles. The van der Waals surface area contributed by atoms with Gasteiger partial charge in [0.2, 0.25) is 0 Å². The Labute approximate surface area is 419 Å². The highest BCUT2D eigenvalue weighted by molar-refractivity contribution is 7.94. The third-order valence-corrected chi connectivity index (χ3v) is 14.2. The minimum absolute atomic E-state index is 0.0187. The Balaban J connectivity index is 0.905. The maximum Gasteiger partial charge on any atom is 0.298 e. The summed E-state index contributed by atoms with van der Waals surface area (Å²) in [6.07, 6.45) is 0. The first kappa shape index (κ1) is 47.5. The minimum atomic E-state index is -4.88. The monoisotopic (exact) mass is 990 g/mol. The molecule has 0 fully saturated rings. The predicted octanol–water partition coefficient (Wildman–Crippen LogP) is 14.2. The zero-order chi connectivity index (χ0) is 50.0. The number of hydrogen-bond acceptors (Lipinski definition) is 11. The largest absolute Gasteiger partial charge is 0.457 e. The highest BCUT2D eigenvalue weighted by atomic mass is 32.2. The van der Waals surface area contributed by atoms with Crippen molar-refractivity contribution in [3.05, 3.63) is 262 Å². The fourth-order valence-electron chi connectivity index (χ4n) is 9.08. The summed E-state index contributed by atoms with van der Waals surface area (Å²) in [5.74, 6) is 1.93. The van der Waals surface area contributed by atoms with Gasteiger partial charge < -0.3 is 14.2 Å². The van der Waals surface area contributed by atoms with Crippen LogP contribution >= 0.6 is 12.0 Å². The third kappa shape index (κ3) is 9.43. The van der Waals surface area contributed by atoms with Crippen LogP contribution in [0.3, 0.4) is 0 Å². The summed E-state index contributed by atoms with van der Waals surface area (Å²) >= 11 is 0.691. The molecule has 10 rings (SSSR count). The first-order valence-corrected chi connectivity index (χ1v) is 24.7. The molecule has 0 radical (unpaired) electrons. The number of aryl methyl sites for hydroxylation is 2. The van der Waals surface area contributed by atoms with Crippen LogP contribution in [-0.4, -0.2) is 29.8 Å². The molecular formula is C59H42O11S2. The van der Waals surface area contributed by atoms with Gasteiger partial charge >= 0.3 is 0 Å². The van der Waals surface area contributed by atoms with E-state index in [-0.39, 0.29) is 28.4 Å². The van der Waals surface area contributed by atoms with Gasteiger partial charge in [0.25, 0.3) is 10.1 Å². The standard InChI is InChI=1S/C59H42O11S2/c1-37-11-24-45(25-12-37)66-46-26-15-39(16-27-46)57(60)40-17-28-47(29-18-40)67-48-30-20-43(21-31-48)59(52-9-5-3-7-50(52)51-8-4-6-10-53(51)59)44-22-32-49(33-23-44)68-54-34-19-42(36-56(54)72(63,64)65)58(61)41-14-13-38(2)55(35-41)71-70-69-62/h3-36,62H,1-2H3,(H,63,64,65). The van der Waals surface area contributed by atoms with Gasteiger partial charge in [-0.05, 0) is 162 Å². The summed E-state index contributed by atoms with van der Waals surface area (Å²) in [7, 11) is -4.88. The molecule has 356 valence electrons. The highest BCUT2D eigenvalue weighted by Crippen LogP contribution is 2.56. The number of carbonyl (C=O) groups excluding carboxylic acids is 2. The van der Waals surface area contributed by atoms with Crippen molar-refractivity contribution < 1.29 is 51.4 Å². The lowest BCUT2D eigenvalue weighted by atomic mass is 9.68. The molecule has 9 aromatic rings. The van der Waals surface area contributed by atoms with Crippen LogP contribution in [-0.2, 0) is 24.9 Å². The molecule has 2 N–H and O–H groups in total. The Hall–Kier alpha value is -8.14. The second kappa shape index (κ2) is 19.9. The van der Waals surface area contributed by atoms with Crippen LogP contribution < -0.4 is 14.2 Å². The Kier molecular flexibility index (Phi) is 13.2. The van der Waals surface area contributed by atoms with Gasteiger partial charge in [-0.1, -0.05) is 108 Å². The van der Waals surface area contributed by atoms with Crippen LogP contribution in [0.4, 0.5) is 0 Å². The van der Waals surface area contributed by atoms with Crippen LogP contribution in [0.15, 0.2) is 216 Å². The van der Waals surface area contributed by atoms with E-state index in [1.165, 1.54) is 18.2 Å². The van der Waals surface area contributed by atoms with E-state index in [0.717, 1.165) is 56.3 Å². The van der Waals surface area contributed by atoms with Gasteiger partial charge in [0.15, 0.2) is 11.6 Å². The lowest BCUT2D eigenvalue weighted by molar-refractivity contribution is -0.432. The molecule has 0 amide bonds. The van der Waals surface area contributed by atoms with E-state index in [1.807, 2.05) is 91.9 Å². The molecule has 1 aliphatic carbocycles. The molecule has 0 saturated carbocycles. The fourth-order valence-corrected chi connectivity index (χ4v) is 10.2.